The molecule has 0 N–H and O–H groups in total. The van der Waals surface area contributed by atoms with Crippen molar-refractivity contribution in [3.63, 3.8) is 0 Å². The molecule has 0 aromatic heterocycles. The van der Waals surface area contributed by atoms with Crippen molar-refractivity contribution in [2.24, 2.45) is 0 Å². The van der Waals surface area contributed by atoms with Crippen molar-refractivity contribution in [1.29, 1.82) is 0 Å². The van der Waals surface area contributed by atoms with Crippen molar-refractivity contribution in [2.45, 2.75) is 0 Å². The summed E-state index contributed by atoms with van der Waals surface area (Å²) in [4.78, 5) is 0. The highest BCUT2D eigenvalue weighted by Crippen LogP contribution is 2.50. The maximum absolute atomic E-state index is 16.8. The molecule has 6 heteroatoms. The van der Waals surface area contributed by atoms with Crippen LogP contribution in [-0.4, -0.2) is 0 Å². The molecule has 12 rings (SSSR count). The Balaban J connectivity index is 1.07. The molecule has 0 saturated carbocycles. The Kier molecular flexibility index (Phi) is 10.3. The molecule has 0 heterocycles. The third-order valence-corrected chi connectivity index (χ3v) is 23.1. The van der Waals surface area contributed by atoms with Gasteiger partial charge in [-0.05, 0) is 53.9 Å². The SMILES string of the molecule is O=P(c1ccc(P(=O)(c2cccc3ccccc23)c2cccc3ccccc23)cc1)(c1ccc(P(=O)(c2cccc3ccccc23)c2cccc3ccccc23)cc1)c1cccc2ccccc12. The first-order valence-electron chi connectivity index (χ1n) is 22.8. The summed E-state index contributed by atoms with van der Waals surface area (Å²) in [6.07, 6.45) is 0. The molecule has 0 aliphatic rings. The number of rotatable bonds is 9. The molecule has 0 unspecified atom stereocenters. The van der Waals surface area contributed by atoms with E-state index in [1.807, 2.05) is 188 Å². The number of hydrogen-bond donors (Lipinski definition) is 0. The van der Waals surface area contributed by atoms with E-state index in [1.165, 1.54) is 0 Å². The highest BCUT2D eigenvalue weighted by atomic mass is 31.2. The molecule has 0 radical (unpaired) electrons. The predicted molar refractivity (Wildman–Crippen MR) is 292 cm³/mol. The summed E-state index contributed by atoms with van der Waals surface area (Å²) in [5, 5.41) is 15.9. The van der Waals surface area contributed by atoms with Gasteiger partial charge in [-0.15, -0.1) is 0 Å². The van der Waals surface area contributed by atoms with Gasteiger partial charge in [-0.1, -0.05) is 261 Å². The van der Waals surface area contributed by atoms with Crippen molar-refractivity contribution in [2.75, 3.05) is 0 Å². The van der Waals surface area contributed by atoms with Gasteiger partial charge >= 0.3 is 0 Å². The molecule has 12 aromatic rings. The van der Waals surface area contributed by atoms with Gasteiger partial charge in [-0.2, -0.15) is 0 Å². The fourth-order valence-corrected chi connectivity index (χ4v) is 19.4. The Hall–Kier alpha value is -7.37. The van der Waals surface area contributed by atoms with E-state index in [4.69, 9.17) is 0 Å². The quantitative estimate of drug-likeness (QED) is 0.136. The summed E-state index contributed by atoms with van der Waals surface area (Å²) in [7, 11) is -10.8. The van der Waals surface area contributed by atoms with Gasteiger partial charge in [0, 0.05) is 47.7 Å². The molecule has 0 saturated heterocycles. The molecule has 12 aromatic carbocycles. The zero-order chi connectivity index (χ0) is 45.9. The lowest BCUT2D eigenvalue weighted by molar-refractivity contribution is 0.591. The Morgan fingerprint density at radius 1 is 0.176 bits per heavy atom. The lowest BCUT2D eigenvalue weighted by Gasteiger charge is -2.26. The van der Waals surface area contributed by atoms with Gasteiger partial charge in [0.15, 0.2) is 21.4 Å². The summed E-state index contributed by atoms with van der Waals surface area (Å²) in [5.41, 5.74) is 0. The second-order valence-electron chi connectivity index (χ2n) is 17.4. The third kappa shape index (κ3) is 6.61. The van der Waals surface area contributed by atoms with Crippen LogP contribution in [0.25, 0.3) is 53.9 Å². The second-order valence-corrected chi connectivity index (χ2v) is 25.5. The highest BCUT2D eigenvalue weighted by Gasteiger charge is 2.38. The maximum atomic E-state index is 16.8. The number of hydrogen-bond acceptors (Lipinski definition) is 3. The van der Waals surface area contributed by atoms with E-state index < -0.39 is 21.4 Å². The smallest absolute Gasteiger partial charge is 0.172 e. The van der Waals surface area contributed by atoms with Gasteiger partial charge in [-0.25, -0.2) is 0 Å². The lowest BCUT2D eigenvalue weighted by Crippen LogP contribution is -2.30. The number of fused-ring (bicyclic) bond motifs is 5. The Bertz CT molecular complexity index is 3670. The summed E-state index contributed by atoms with van der Waals surface area (Å²) in [6.45, 7) is 0. The lowest BCUT2D eigenvalue weighted by atomic mass is 10.1. The Morgan fingerprint density at radius 2 is 0.353 bits per heavy atom. The first kappa shape index (κ1) is 42.0. The fraction of sp³-hybridized carbons (Fsp3) is 0. The van der Waals surface area contributed by atoms with E-state index in [-0.39, 0.29) is 0 Å². The van der Waals surface area contributed by atoms with Crippen molar-refractivity contribution in [1.82, 2.24) is 0 Å². The minimum atomic E-state index is -3.69. The monoisotopic (exact) mass is 928 g/mol. The molecule has 0 aliphatic heterocycles. The average molecular weight is 929 g/mol. The maximum Gasteiger partial charge on any atom is 0.172 e. The molecule has 0 aliphatic carbocycles. The third-order valence-electron chi connectivity index (χ3n) is 13.7. The van der Waals surface area contributed by atoms with Crippen LogP contribution in [0.4, 0.5) is 0 Å². The summed E-state index contributed by atoms with van der Waals surface area (Å²) >= 11 is 0. The fourth-order valence-electron chi connectivity index (χ4n) is 10.4. The van der Waals surface area contributed by atoms with Crippen LogP contribution < -0.4 is 47.7 Å². The molecule has 0 bridgehead atoms. The zero-order valence-corrected chi connectivity index (χ0v) is 39.6. The van der Waals surface area contributed by atoms with Gasteiger partial charge in [0.1, 0.15) is 0 Å². The molecule has 0 fully saturated rings. The van der Waals surface area contributed by atoms with Crippen molar-refractivity contribution in [3.8, 4) is 0 Å². The topological polar surface area (TPSA) is 51.2 Å². The van der Waals surface area contributed by atoms with Crippen molar-refractivity contribution in [3.05, 3.63) is 261 Å². The van der Waals surface area contributed by atoms with E-state index in [1.54, 1.807) is 0 Å². The molecule has 324 valence electrons. The van der Waals surface area contributed by atoms with Gasteiger partial charge in [-0.3, -0.25) is 0 Å². The van der Waals surface area contributed by atoms with Crippen LogP contribution >= 0.6 is 21.4 Å². The standard InChI is InChI=1S/C62H43O3P3/c63-66(58-31-11-21-44-16-1-6-26-53(44)58,49-36-40-51(41-37-49)67(64,59-32-12-22-45-17-2-7-27-54(45)59)60-33-13-23-46-18-3-8-28-55(46)60)50-38-42-52(43-39-50)68(65,61-34-14-24-47-19-4-9-29-56(47)61)62-35-15-25-48-20-5-10-30-57(48)62/h1-43H. The van der Waals surface area contributed by atoms with E-state index in [0.717, 1.165) is 75.1 Å². The molecule has 0 spiro atoms. The minimum Gasteiger partial charge on any atom is -0.309 e. The van der Waals surface area contributed by atoms with Crippen LogP contribution in [0.2, 0.25) is 0 Å². The van der Waals surface area contributed by atoms with Crippen LogP contribution in [0.1, 0.15) is 0 Å². The normalized spacial score (nSPS) is 12.3. The number of benzene rings is 12. The first-order valence-corrected chi connectivity index (χ1v) is 27.9. The molecular formula is C62H43O3P3. The van der Waals surface area contributed by atoms with E-state index in [9.17, 15) is 0 Å². The summed E-state index contributed by atoms with van der Waals surface area (Å²) < 4.78 is 49.9. The van der Waals surface area contributed by atoms with Crippen LogP contribution in [-0.2, 0) is 13.7 Å². The molecule has 0 amide bonds. The van der Waals surface area contributed by atoms with Gasteiger partial charge in [0.2, 0.25) is 0 Å². The van der Waals surface area contributed by atoms with E-state index in [0.29, 0.717) is 26.5 Å². The van der Waals surface area contributed by atoms with Crippen LogP contribution in [0.15, 0.2) is 261 Å². The Morgan fingerprint density at radius 3 is 0.588 bits per heavy atom. The molecular weight excluding hydrogens is 886 g/mol. The largest absolute Gasteiger partial charge is 0.309 e. The van der Waals surface area contributed by atoms with Gasteiger partial charge in [0.05, 0.1) is 0 Å². The molecule has 3 nitrogen and oxygen atoms in total. The molecule has 68 heavy (non-hydrogen) atoms. The zero-order valence-electron chi connectivity index (χ0n) is 36.9. The van der Waals surface area contributed by atoms with Crippen LogP contribution in [0.3, 0.4) is 0 Å². The van der Waals surface area contributed by atoms with Gasteiger partial charge in [0.25, 0.3) is 0 Å². The highest BCUT2D eigenvalue weighted by molar-refractivity contribution is 7.87. The second kappa shape index (κ2) is 16.7. The molecule has 0 atom stereocenters. The van der Waals surface area contributed by atoms with Gasteiger partial charge < -0.3 is 13.7 Å². The van der Waals surface area contributed by atoms with Crippen molar-refractivity contribution < 1.29 is 13.7 Å². The summed E-state index contributed by atoms with van der Waals surface area (Å²) in [5.74, 6) is 0. The van der Waals surface area contributed by atoms with Crippen LogP contribution in [0, 0.1) is 0 Å². The van der Waals surface area contributed by atoms with Crippen LogP contribution in [0.5, 0.6) is 0 Å². The summed E-state index contributed by atoms with van der Waals surface area (Å²) in [6, 6.07) is 86.1. The minimum absolute atomic E-state index is 0.610. The van der Waals surface area contributed by atoms with E-state index >= 15 is 13.7 Å². The first-order chi connectivity index (χ1) is 33.4. The Labute approximate surface area is 395 Å². The van der Waals surface area contributed by atoms with Crippen molar-refractivity contribution >= 4 is 123 Å². The predicted octanol–water partition coefficient (Wildman–Crippen LogP) is 12.4. The van der Waals surface area contributed by atoms with E-state index in [2.05, 4.69) is 72.8 Å². The average Bonchev–Trinajstić information content (AvgIpc) is 3.41.